The molecule has 0 aliphatic rings. The van der Waals surface area contributed by atoms with E-state index < -0.39 is 18.9 Å². The minimum atomic E-state index is -2.55. The molecule has 0 aromatic carbocycles. The second kappa shape index (κ2) is 5.99. The van der Waals surface area contributed by atoms with Crippen molar-refractivity contribution in [3.05, 3.63) is 24.0 Å². The molecule has 88 valence electrons. The van der Waals surface area contributed by atoms with Crippen molar-refractivity contribution in [2.45, 2.75) is 13.3 Å². The maximum atomic E-state index is 11.8. The standard InChI is InChI=1S/C10H13F2N3O/c1-2-13-7-3-4-8(14-5-7)10(16)15-6-9(11)12/h3-5,9,13H,2,6H2,1H3,(H,15,16). The predicted octanol–water partition coefficient (Wildman–Crippen LogP) is 1.51. The monoisotopic (exact) mass is 229 g/mol. The molecular weight excluding hydrogens is 216 g/mol. The number of hydrogen-bond acceptors (Lipinski definition) is 3. The molecule has 0 fully saturated rings. The number of amides is 1. The van der Waals surface area contributed by atoms with Gasteiger partial charge in [0.1, 0.15) is 5.69 Å². The van der Waals surface area contributed by atoms with E-state index in [0.717, 1.165) is 12.2 Å². The van der Waals surface area contributed by atoms with Crippen molar-refractivity contribution >= 4 is 11.6 Å². The van der Waals surface area contributed by atoms with Crippen LogP contribution in [0.1, 0.15) is 17.4 Å². The summed E-state index contributed by atoms with van der Waals surface area (Å²) < 4.78 is 23.7. The predicted molar refractivity (Wildman–Crippen MR) is 56.7 cm³/mol. The average molecular weight is 229 g/mol. The Bertz CT molecular complexity index is 340. The van der Waals surface area contributed by atoms with Gasteiger partial charge in [-0.05, 0) is 19.1 Å². The lowest BCUT2D eigenvalue weighted by atomic mass is 10.3. The van der Waals surface area contributed by atoms with Crippen molar-refractivity contribution in [3.63, 3.8) is 0 Å². The number of anilines is 1. The molecule has 0 saturated heterocycles. The zero-order chi connectivity index (χ0) is 12.0. The van der Waals surface area contributed by atoms with Crippen molar-refractivity contribution in [2.75, 3.05) is 18.4 Å². The van der Waals surface area contributed by atoms with E-state index in [9.17, 15) is 13.6 Å². The molecule has 0 aliphatic carbocycles. The van der Waals surface area contributed by atoms with Crippen molar-refractivity contribution in [2.24, 2.45) is 0 Å². The van der Waals surface area contributed by atoms with Crippen LogP contribution in [0.3, 0.4) is 0 Å². The second-order valence-corrected chi connectivity index (χ2v) is 3.06. The fourth-order valence-electron chi connectivity index (χ4n) is 1.10. The van der Waals surface area contributed by atoms with Crippen molar-refractivity contribution in [1.82, 2.24) is 10.3 Å². The summed E-state index contributed by atoms with van der Waals surface area (Å²) in [6.07, 6.45) is -1.06. The Balaban J connectivity index is 2.56. The molecule has 4 nitrogen and oxygen atoms in total. The van der Waals surface area contributed by atoms with Gasteiger partial charge in [-0.1, -0.05) is 0 Å². The largest absolute Gasteiger partial charge is 0.384 e. The molecule has 0 spiro atoms. The van der Waals surface area contributed by atoms with Gasteiger partial charge in [-0.25, -0.2) is 13.8 Å². The van der Waals surface area contributed by atoms with Gasteiger partial charge in [-0.3, -0.25) is 4.79 Å². The van der Waals surface area contributed by atoms with Crippen LogP contribution in [0, 0.1) is 0 Å². The first-order valence-electron chi connectivity index (χ1n) is 4.89. The van der Waals surface area contributed by atoms with Gasteiger partial charge in [0, 0.05) is 6.54 Å². The van der Waals surface area contributed by atoms with E-state index >= 15 is 0 Å². The van der Waals surface area contributed by atoms with Gasteiger partial charge < -0.3 is 10.6 Å². The Labute approximate surface area is 92.1 Å². The third-order valence-corrected chi connectivity index (χ3v) is 1.79. The van der Waals surface area contributed by atoms with Gasteiger partial charge >= 0.3 is 0 Å². The first kappa shape index (κ1) is 12.4. The molecule has 1 aromatic heterocycles. The third kappa shape index (κ3) is 3.80. The van der Waals surface area contributed by atoms with Crippen molar-refractivity contribution in [1.29, 1.82) is 0 Å². The zero-order valence-electron chi connectivity index (χ0n) is 8.84. The van der Waals surface area contributed by atoms with Gasteiger partial charge in [-0.2, -0.15) is 0 Å². The van der Waals surface area contributed by atoms with E-state index in [-0.39, 0.29) is 5.69 Å². The molecule has 0 aliphatic heterocycles. The number of alkyl halides is 2. The fourth-order valence-corrected chi connectivity index (χ4v) is 1.10. The molecule has 0 bridgehead atoms. The highest BCUT2D eigenvalue weighted by Crippen LogP contribution is 2.05. The summed E-state index contributed by atoms with van der Waals surface area (Å²) >= 11 is 0. The third-order valence-electron chi connectivity index (χ3n) is 1.79. The summed E-state index contributed by atoms with van der Waals surface area (Å²) in [6, 6.07) is 3.16. The molecule has 0 radical (unpaired) electrons. The van der Waals surface area contributed by atoms with E-state index in [2.05, 4.69) is 15.6 Å². The summed E-state index contributed by atoms with van der Waals surface area (Å²) in [5.41, 5.74) is 0.912. The van der Waals surface area contributed by atoms with Crippen molar-refractivity contribution < 1.29 is 13.6 Å². The highest BCUT2D eigenvalue weighted by Gasteiger charge is 2.09. The zero-order valence-corrected chi connectivity index (χ0v) is 8.84. The maximum Gasteiger partial charge on any atom is 0.270 e. The number of pyridine rings is 1. The molecule has 1 aromatic rings. The Morgan fingerprint density at radius 1 is 1.50 bits per heavy atom. The second-order valence-electron chi connectivity index (χ2n) is 3.06. The average Bonchev–Trinajstić information content (AvgIpc) is 2.27. The molecule has 1 rings (SSSR count). The van der Waals surface area contributed by atoms with E-state index in [0.29, 0.717) is 0 Å². The van der Waals surface area contributed by atoms with Crippen LogP contribution in [-0.2, 0) is 0 Å². The number of rotatable bonds is 5. The highest BCUT2D eigenvalue weighted by molar-refractivity contribution is 5.92. The van der Waals surface area contributed by atoms with Gasteiger partial charge in [0.25, 0.3) is 12.3 Å². The smallest absolute Gasteiger partial charge is 0.270 e. The topological polar surface area (TPSA) is 54.0 Å². The van der Waals surface area contributed by atoms with Crippen LogP contribution < -0.4 is 10.6 Å². The van der Waals surface area contributed by atoms with E-state index in [4.69, 9.17) is 0 Å². The van der Waals surface area contributed by atoms with E-state index in [1.54, 1.807) is 6.07 Å². The number of carbonyl (C=O) groups is 1. The van der Waals surface area contributed by atoms with Crippen LogP contribution in [0.5, 0.6) is 0 Å². The maximum absolute atomic E-state index is 11.8. The molecule has 1 amide bonds. The van der Waals surface area contributed by atoms with E-state index in [1.165, 1.54) is 12.3 Å². The lowest BCUT2D eigenvalue weighted by Gasteiger charge is -2.05. The molecule has 16 heavy (non-hydrogen) atoms. The van der Waals surface area contributed by atoms with Crippen LogP contribution in [0.25, 0.3) is 0 Å². The number of carbonyl (C=O) groups excluding carboxylic acids is 1. The van der Waals surface area contributed by atoms with Gasteiger partial charge in [-0.15, -0.1) is 0 Å². The van der Waals surface area contributed by atoms with Crippen LogP contribution in [0.4, 0.5) is 14.5 Å². The lowest BCUT2D eigenvalue weighted by Crippen LogP contribution is -2.29. The van der Waals surface area contributed by atoms with Gasteiger partial charge in [0.05, 0.1) is 18.4 Å². The number of halogens is 2. The number of nitrogens with zero attached hydrogens (tertiary/aromatic N) is 1. The summed E-state index contributed by atoms with van der Waals surface area (Å²) in [5.74, 6) is -0.594. The van der Waals surface area contributed by atoms with E-state index in [1.807, 2.05) is 6.92 Å². The molecule has 6 heteroatoms. The molecule has 1 heterocycles. The lowest BCUT2D eigenvalue weighted by molar-refractivity contribution is 0.0887. The van der Waals surface area contributed by atoms with Crippen LogP contribution in [-0.4, -0.2) is 30.4 Å². The van der Waals surface area contributed by atoms with Gasteiger partial charge in [0.15, 0.2) is 0 Å². The molecule has 2 N–H and O–H groups in total. The Hall–Kier alpha value is -1.72. The number of hydrogen-bond donors (Lipinski definition) is 2. The van der Waals surface area contributed by atoms with Crippen LogP contribution in [0.2, 0.25) is 0 Å². The minimum absolute atomic E-state index is 0.127. The number of nitrogens with one attached hydrogen (secondary N) is 2. The first-order chi connectivity index (χ1) is 7.63. The van der Waals surface area contributed by atoms with Crippen LogP contribution >= 0.6 is 0 Å². The highest BCUT2D eigenvalue weighted by atomic mass is 19.3. The molecule has 0 atom stereocenters. The minimum Gasteiger partial charge on any atom is -0.384 e. The fraction of sp³-hybridized carbons (Fsp3) is 0.400. The van der Waals surface area contributed by atoms with Crippen LogP contribution in [0.15, 0.2) is 18.3 Å². The Morgan fingerprint density at radius 2 is 2.25 bits per heavy atom. The molecular formula is C10H13F2N3O. The Morgan fingerprint density at radius 3 is 2.75 bits per heavy atom. The van der Waals surface area contributed by atoms with Gasteiger partial charge in [0.2, 0.25) is 0 Å². The number of aromatic nitrogens is 1. The molecule has 0 saturated carbocycles. The molecule has 0 unspecified atom stereocenters. The van der Waals surface area contributed by atoms with Crippen molar-refractivity contribution in [3.8, 4) is 0 Å². The summed E-state index contributed by atoms with van der Waals surface area (Å²) in [7, 11) is 0. The Kier molecular flexibility index (Phi) is 4.63. The summed E-state index contributed by atoms with van der Waals surface area (Å²) in [5, 5.41) is 5.09. The summed E-state index contributed by atoms with van der Waals surface area (Å²) in [4.78, 5) is 15.1. The normalized spacial score (nSPS) is 10.2. The quantitative estimate of drug-likeness (QED) is 0.804. The summed E-state index contributed by atoms with van der Waals surface area (Å²) in [6.45, 7) is 2.03. The SMILES string of the molecule is CCNc1ccc(C(=O)NCC(F)F)nc1. The first-order valence-corrected chi connectivity index (χ1v) is 4.89.